The minimum Gasteiger partial charge on any atom is -0.0654 e. The van der Waals surface area contributed by atoms with E-state index >= 15 is 0 Å². The maximum Gasteiger partial charge on any atom is -0.000488 e. The SMILES string of the molecule is CCCCC1=CC(=[SiH]C)C=C1. The number of allylic oxidation sites excluding steroid dienone is 4. The van der Waals surface area contributed by atoms with Gasteiger partial charge in [0, 0.05) is 0 Å². The molecular weight excluding hydrogens is 148 g/mol. The van der Waals surface area contributed by atoms with Crippen LogP contribution in [-0.2, 0) is 0 Å². The normalized spacial score (nSPS) is 19.5. The average Bonchev–Trinajstić information content (AvgIpc) is 2.48. The largest absolute Gasteiger partial charge is 0.0654 e. The van der Waals surface area contributed by atoms with E-state index in [9.17, 15) is 0 Å². The highest BCUT2D eigenvalue weighted by molar-refractivity contribution is 6.59. The third kappa shape index (κ3) is 2.58. The van der Waals surface area contributed by atoms with Crippen LogP contribution in [-0.4, -0.2) is 14.3 Å². The molecule has 60 valence electrons. The molecule has 1 heteroatoms. The minimum absolute atomic E-state index is 0.522. The molecule has 0 radical (unpaired) electrons. The molecule has 0 bridgehead atoms. The molecule has 0 heterocycles. The molecular formula is C10H16Si. The molecule has 0 amide bonds. The minimum atomic E-state index is 0.522. The third-order valence-corrected chi connectivity index (χ3v) is 3.02. The Kier molecular flexibility index (Phi) is 3.50. The lowest BCUT2D eigenvalue weighted by Crippen LogP contribution is -1.87. The van der Waals surface area contributed by atoms with Gasteiger partial charge >= 0.3 is 0 Å². The van der Waals surface area contributed by atoms with Gasteiger partial charge in [0.2, 0.25) is 0 Å². The molecule has 0 fully saturated rings. The van der Waals surface area contributed by atoms with Crippen LogP contribution >= 0.6 is 0 Å². The molecule has 0 N–H and O–H groups in total. The first-order valence-corrected chi connectivity index (χ1v) is 6.15. The number of hydrogen-bond acceptors (Lipinski definition) is 0. The molecule has 0 aromatic heterocycles. The summed E-state index contributed by atoms with van der Waals surface area (Å²) in [5.74, 6) is 0. The van der Waals surface area contributed by atoms with Crippen LogP contribution in [0.1, 0.15) is 26.2 Å². The van der Waals surface area contributed by atoms with Crippen LogP contribution in [0.5, 0.6) is 0 Å². The molecule has 0 aromatic carbocycles. The van der Waals surface area contributed by atoms with Gasteiger partial charge < -0.3 is 0 Å². The summed E-state index contributed by atoms with van der Waals surface area (Å²) in [5.41, 5.74) is 1.54. The average molecular weight is 164 g/mol. The highest BCUT2D eigenvalue weighted by Crippen LogP contribution is 2.13. The molecule has 0 saturated heterocycles. The van der Waals surface area contributed by atoms with E-state index in [0.717, 1.165) is 0 Å². The number of hydrogen-bond donors (Lipinski definition) is 0. The Bertz CT molecular complexity index is 209. The second-order valence-corrected chi connectivity index (χ2v) is 4.19. The first-order chi connectivity index (χ1) is 5.36. The van der Waals surface area contributed by atoms with Crippen molar-refractivity contribution in [3.8, 4) is 0 Å². The predicted molar refractivity (Wildman–Crippen MR) is 54.8 cm³/mol. The van der Waals surface area contributed by atoms with Gasteiger partial charge in [-0.1, -0.05) is 43.3 Å². The van der Waals surface area contributed by atoms with Gasteiger partial charge in [-0.2, -0.15) is 0 Å². The van der Waals surface area contributed by atoms with Crippen molar-refractivity contribution >= 4 is 14.3 Å². The molecule has 11 heavy (non-hydrogen) atoms. The van der Waals surface area contributed by atoms with Gasteiger partial charge in [0.05, 0.1) is 0 Å². The molecule has 0 atom stereocenters. The van der Waals surface area contributed by atoms with Crippen molar-refractivity contribution in [2.75, 3.05) is 0 Å². The van der Waals surface area contributed by atoms with Crippen molar-refractivity contribution in [3.05, 3.63) is 23.8 Å². The van der Waals surface area contributed by atoms with E-state index in [1.807, 2.05) is 0 Å². The highest BCUT2D eigenvalue weighted by atomic mass is 28.2. The van der Waals surface area contributed by atoms with Gasteiger partial charge in [0.1, 0.15) is 0 Å². The summed E-state index contributed by atoms with van der Waals surface area (Å²) in [5, 5.41) is 1.57. The topological polar surface area (TPSA) is 0 Å². The molecule has 0 nitrogen and oxygen atoms in total. The fourth-order valence-corrected chi connectivity index (χ4v) is 1.90. The first kappa shape index (κ1) is 8.66. The van der Waals surface area contributed by atoms with E-state index in [4.69, 9.17) is 0 Å². The Hall–Kier alpha value is -0.433. The summed E-state index contributed by atoms with van der Waals surface area (Å²) in [4.78, 5) is 0. The van der Waals surface area contributed by atoms with Gasteiger partial charge in [-0.05, 0) is 27.5 Å². The lowest BCUT2D eigenvalue weighted by molar-refractivity contribution is 0.799. The van der Waals surface area contributed by atoms with E-state index in [-0.39, 0.29) is 0 Å². The molecule has 0 aliphatic heterocycles. The van der Waals surface area contributed by atoms with E-state index in [0.29, 0.717) is 9.13 Å². The summed E-state index contributed by atoms with van der Waals surface area (Å²) in [7, 11) is 0.522. The van der Waals surface area contributed by atoms with Crippen LogP contribution in [0.15, 0.2) is 23.8 Å². The van der Waals surface area contributed by atoms with Gasteiger partial charge in [0.15, 0.2) is 0 Å². The Labute approximate surface area is 71.5 Å². The maximum absolute atomic E-state index is 2.37. The van der Waals surface area contributed by atoms with E-state index < -0.39 is 0 Å². The fraction of sp³-hybridized carbons (Fsp3) is 0.500. The molecule has 1 aliphatic carbocycles. The lowest BCUT2D eigenvalue weighted by Gasteiger charge is -1.94. The predicted octanol–water partition coefficient (Wildman–Crippen LogP) is 2.33. The summed E-state index contributed by atoms with van der Waals surface area (Å²) in [6, 6.07) is 0. The number of rotatable bonds is 3. The zero-order chi connectivity index (χ0) is 8.10. The fourth-order valence-electron chi connectivity index (χ4n) is 1.23. The molecule has 1 aliphatic rings. The van der Waals surface area contributed by atoms with Crippen molar-refractivity contribution in [1.82, 2.24) is 0 Å². The lowest BCUT2D eigenvalue weighted by atomic mass is 10.1. The van der Waals surface area contributed by atoms with Crippen LogP contribution in [0.2, 0.25) is 6.55 Å². The van der Waals surface area contributed by atoms with E-state index in [1.165, 1.54) is 24.8 Å². The maximum atomic E-state index is 2.37. The summed E-state index contributed by atoms with van der Waals surface area (Å²) >= 11 is 0. The summed E-state index contributed by atoms with van der Waals surface area (Å²) < 4.78 is 0. The van der Waals surface area contributed by atoms with Crippen molar-refractivity contribution in [1.29, 1.82) is 0 Å². The Morgan fingerprint density at radius 3 is 2.73 bits per heavy atom. The van der Waals surface area contributed by atoms with Gasteiger partial charge in [-0.15, -0.1) is 0 Å². The van der Waals surface area contributed by atoms with Crippen LogP contribution in [0.3, 0.4) is 0 Å². The van der Waals surface area contributed by atoms with Gasteiger partial charge in [-0.3, -0.25) is 0 Å². The number of unbranched alkanes of at least 4 members (excludes halogenated alkanes) is 1. The van der Waals surface area contributed by atoms with Gasteiger partial charge in [-0.25, -0.2) is 0 Å². The van der Waals surface area contributed by atoms with Crippen molar-refractivity contribution < 1.29 is 0 Å². The van der Waals surface area contributed by atoms with Crippen LogP contribution in [0.4, 0.5) is 0 Å². The van der Waals surface area contributed by atoms with Crippen LogP contribution in [0.25, 0.3) is 0 Å². The molecule has 0 unspecified atom stereocenters. The Morgan fingerprint density at radius 1 is 1.36 bits per heavy atom. The Morgan fingerprint density at radius 2 is 2.18 bits per heavy atom. The van der Waals surface area contributed by atoms with Crippen molar-refractivity contribution in [2.24, 2.45) is 0 Å². The quantitative estimate of drug-likeness (QED) is 0.562. The molecule has 1 rings (SSSR count). The standard InChI is InChI=1S/C10H16Si/c1-3-4-5-9-6-7-10(8-9)11-2/h6-8,11H,3-5H2,1-2H3. The molecule has 0 saturated carbocycles. The summed E-state index contributed by atoms with van der Waals surface area (Å²) in [6.07, 6.45) is 10.8. The van der Waals surface area contributed by atoms with Crippen molar-refractivity contribution in [3.63, 3.8) is 0 Å². The second-order valence-electron chi connectivity index (χ2n) is 2.94. The Balaban J connectivity index is 2.44. The van der Waals surface area contributed by atoms with Crippen LogP contribution in [0, 0.1) is 0 Å². The van der Waals surface area contributed by atoms with Crippen LogP contribution < -0.4 is 0 Å². The zero-order valence-electron chi connectivity index (χ0n) is 7.43. The molecule has 0 spiro atoms. The zero-order valence-corrected chi connectivity index (χ0v) is 8.59. The van der Waals surface area contributed by atoms with Gasteiger partial charge in [0.25, 0.3) is 0 Å². The second kappa shape index (κ2) is 4.45. The smallest absolute Gasteiger partial charge is 0.000488 e. The highest BCUT2D eigenvalue weighted by Gasteiger charge is 1.99. The van der Waals surface area contributed by atoms with Crippen molar-refractivity contribution in [2.45, 2.75) is 32.7 Å². The molecule has 0 aromatic rings. The third-order valence-electron chi connectivity index (χ3n) is 1.99. The first-order valence-electron chi connectivity index (χ1n) is 4.41. The monoisotopic (exact) mass is 164 g/mol. The van der Waals surface area contributed by atoms with E-state index in [2.05, 4.69) is 31.7 Å². The van der Waals surface area contributed by atoms with E-state index in [1.54, 1.807) is 5.17 Å². The summed E-state index contributed by atoms with van der Waals surface area (Å²) in [6.45, 7) is 4.54.